The Hall–Kier alpha value is -2.87. The van der Waals surface area contributed by atoms with E-state index in [1.165, 1.54) is 24.4 Å². The van der Waals surface area contributed by atoms with Crippen LogP contribution in [-0.2, 0) is 6.18 Å². The summed E-state index contributed by atoms with van der Waals surface area (Å²) in [7, 11) is 0. The van der Waals surface area contributed by atoms with Gasteiger partial charge in [0.2, 0.25) is 5.95 Å². The Morgan fingerprint density at radius 2 is 1.76 bits per heavy atom. The van der Waals surface area contributed by atoms with E-state index in [4.69, 9.17) is 11.6 Å². The minimum Gasteiger partial charge on any atom is -0.338 e. The standard InChI is InChI=1S/C16H11ClF3N5/c17-10-4-3-5-11(8-10)22-15-24-14(9-21-25-15)23-13-7-2-1-6-12(13)16(18,19)20/h1-9H,(H2,22,23,24,25). The maximum absolute atomic E-state index is 13.0. The number of alkyl halides is 3. The number of aromatic nitrogens is 3. The van der Waals surface area contributed by atoms with Crippen LogP contribution in [0.4, 0.5) is 36.3 Å². The monoisotopic (exact) mass is 365 g/mol. The fraction of sp³-hybridized carbons (Fsp3) is 0.0625. The van der Waals surface area contributed by atoms with Crippen LogP contribution >= 0.6 is 11.6 Å². The molecule has 0 fully saturated rings. The minimum absolute atomic E-state index is 0.121. The van der Waals surface area contributed by atoms with E-state index in [-0.39, 0.29) is 17.5 Å². The van der Waals surface area contributed by atoms with Gasteiger partial charge in [-0.3, -0.25) is 0 Å². The molecule has 0 amide bonds. The van der Waals surface area contributed by atoms with Gasteiger partial charge in [0.05, 0.1) is 17.4 Å². The summed E-state index contributed by atoms with van der Waals surface area (Å²) in [6.45, 7) is 0. The number of hydrogen-bond donors (Lipinski definition) is 2. The van der Waals surface area contributed by atoms with Gasteiger partial charge in [0, 0.05) is 10.7 Å². The first-order chi connectivity index (χ1) is 11.9. The summed E-state index contributed by atoms with van der Waals surface area (Å²) in [6, 6.07) is 12.0. The van der Waals surface area contributed by atoms with E-state index in [0.29, 0.717) is 10.7 Å². The van der Waals surface area contributed by atoms with Gasteiger partial charge in [-0.05, 0) is 30.3 Å². The maximum Gasteiger partial charge on any atom is 0.418 e. The van der Waals surface area contributed by atoms with Crippen LogP contribution in [0.3, 0.4) is 0 Å². The number of halogens is 4. The van der Waals surface area contributed by atoms with E-state index in [0.717, 1.165) is 6.07 Å². The molecule has 0 saturated heterocycles. The summed E-state index contributed by atoms with van der Waals surface area (Å²) in [4.78, 5) is 4.11. The first-order valence-electron chi connectivity index (χ1n) is 7.07. The topological polar surface area (TPSA) is 62.7 Å². The van der Waals surface area contributed by atoms with Gasteiger partial charge in [-0.2, -0.15) is 23.3 Å². The molecule has 1 heterocycles. The Balaban J connectivity index is 1.83. The van der Waals surface area contributed by atoms with E-state index in [9.17, 15) is 13.2 Å². The molecule has 0 saturated carbocycles. The molecule has 3 aromatic rings. The molecular weight excluding hydrogens is 355 g/mol. The van der Waals surface area contributed by atoms with Crippen LogP contribution in [0.2, 0.25) is 5.02 Å². The van der Waals surface area contributed by atoms with Crippen molar-refractivity contribution in [2.24, 2.45) is 0 Å². The Kier molecular flexibility index (Phi) is 4.71. The van der Waals surface area contributed by atoms with Gasteiger partial charge in [0.1, 0.15) is 0 Å². The molecule has 0 spiro atoms. The SMILES string of the molecule is FC(F)(F)c1ccccc1Nc1cnnc(Nc2cccc(Cl)c2)n1. The quantitative estimate of drug-likeness (QED) is 0.679. The van der Waals surface area contributed by atoms with Crippen molar-refractivity contribution in [2.75, 3.05) is 10.6 Å². The molecule has 2 aromatic carbocycles. The van der Waals surface area contributed by atoms with E-state index >= 15 is 0 Å². The largest absolute Gasteiger partial charge is 0.418 e. The zero-order chi connectivity index (χ0) is 17.9. The molecule has 0 aliphatic heterocycles. The summed E-state index contributed by atoms with van der Waals surface area (Å²) in [5, 5.41) is 13.6. The van der Waals surface area contributed by atoms with Crippen LogP contribution in [0.1, 0.15) is 5.56 Å². The molecule has 1 aromatic heterocycles. The van der Waals surface area contributed by atoms with Crippen LogP contribution in [0.5, 0.6) is 0 Å². The van der Waals surface area contributed by atoms with Gasteiger partial charge in [0.15, 0.2) is 5.82 Å². The van der Waals surface area contributed by atoms with Crippen LogP contribution in [0, 0.1) is 0 Å². The molecule has 0 aliphatic rings. The van der Waals surface area contributed by atoms with Crippen molar-refractivity contribution in [3.63, 3.8) is 0 Å². The van der Waals surface area contributed by atoms with E-state index < -0.39 is 11.7 Å². The van der Waals surface area contributed by atoms with Gasteiger partial charge >= 0.3 is 6.18 Å². The second kappa shape index (κ2) is 6.94. The predicted molar refractivity (Wildman–Crippen MR) is 89.3 cm³/mol. The van der Waals surface area contributed by atoms with Gasteiger partial charge in [-0.15, -0.1) is 5.10 Å². The average molecular weight is 366 g/mol. The molecule has 0 radical (unpaired) electrons. The maximum atomic E-state index is 13.0. The molecule has 2 N–H and O–H groups in total. The molecule has 0 aliphatic carbocycles. The Morgan fingerprint density at radius 1 is 0.960 bits per heavy atom. The highest BCUT2D eigenvalue weighted by molar-refractivity contribution is 6.30. The highest BCUT2D eigenvalue weighted by atomic mass is 35.5. The van der Waals surface area contributed by atoms with E-state index in [1.807, 2.05) is 0 Å². The number of hydrogen-bond acceptors (Lipinski definition) is 5. The lowest BCUT2D eigenvalue weighted by Gasteiger charge is -2.14. The van der Waals surface area contributed by atoms with E-state index in [1.54, 1.807) is 24.3 Å². The molecule has 3 rings (SSSR count). The lowest BCUT2D eigenvalue weighted by atomic mass is 10.1. The molecule has 25 heavy (non-hydrogen) atoms. The summed E-state index contributed by atoms with van der Waals surface area (Å²) >= 11 is 5.89. The molecule has 0 bridgehead atoms. The van der Waals surface area contributed by atoms with Crippen molar-refractivity contribution in [1.29, 1.82) is 0 Å². The third kappa shape index (κ3) is 4.36. The van der Waals surface area contributed by atoms with Crippen molar-refractivity contribution in [1.82, 2.24) is 15.2 Å². The number of rotatable bonds is 4. The number of para-hydroxylation sites is 1. The fourth-order valence-electron chi connectivity index (χ4n) is 2.09. The highest BCUT2D eigenvalue weighted by Crippen LogP contribution is 2.35. The highest BCUT2D eigenvalue weighted by Gasteiger charge is 2.33. The van der Waals surface area contributed by atoms with Crippen LogP contribution < -0.4 is 10.6 Å². The van der Waals surface area contributed by atoms with Crippen LogP contribution in [0.15, 0.2) is 54.7 Å². The summed E-state index contributed by atoms with van der Waals surface area (Å²) in [5.74, 6) is 0.244. The van der Waals surface area contributed by atoms with Gasteiger partial charge in [0.25, 0.3) is 0 Å². The average Bonchev–Trinajstić information content (AvgIpc) is 2.55. The first kappa shape index (κ1) is 17.0. The molecular formula is C16H11ClF3N5. The van der Waals surface area contributed by atoms with Crippen molar-refractivity contribution >= 4 is 34.7 Å². The van der Waals surface area contributed by atoms with Crippen molar-refractivity contribution in [3.8, 4) is 0 Å². The summed E-state index contributed by atoms with van der Waals surface area (Å²) in [6.07, 6.45) is -3.25. The smallest absolute Gasteiger partial charge is 0.338 e. The molecule has 9 heteroatoms. The van der Waals surface area contributed by atoms with Gasteiger partial charge in [-0.1, -0.05) is 29.8 Å². The molecule has 0 unspecified atom stereocenters. The zero-order valence-electron chi connectivity index (χ0n) is 12.5. The second-order valence-electron chi connectivity index (χ2n) is 4.97. The van der Waals surface area contributed by atoms with E-state index in [2.05, 4.69) is 25.8 Å². The number of anilines is 4. The summed E-state index contributed by atoms with van der Waals surface area (Å²) in [5.41, 5.74) is -0.288. The van der Waals surface area contributed by atoms with Gasteiger partial charge in [-0.25, -0.2) is 0 Å². The Bertz CT molecular complexity index is 885. The normalized spacial score (nSPS) is 11.2. The third-order valence-corrected chi connectivity index (χ3v) is 3.37. The van der Waals surface area contributed by atoms with Gasteiger partial charge < -0.3 is 10.6 Å². The third-order valence-electron chi connectivity index (χ3n) is 3.13. The lowest BCUT2D eigenvalue weighted by molar-refractivity contribution is -0.136. The zero-order valence-corrected chi connectivity index (χ0v) is 13.3. The molecule has 0 atom stereocenters. The number of benzene rings is 2. The fourth-order valence-corrected chi connectivity index (χ4v) is 2.28. The summed E-state index contributed by atoms with van der Waals surface area (Å²) < 4.78 is 39.1. The van der Waals surface area contributed by atoms with Crippen molar-refractivity contribution < 1.29 is 13.2 Å². The van der Waals surface area contributed by atoms with Crippen molar-refractivity contribution in [3.05, 3.63) is 65.3 Å². The molecule has 5 nitrogen and oxygen atoms in total. The van der Waals surface area contributed by atoms with Crippen LogP contribution in [0.25, 0.3) is 0 Å². The van der Waals surface area contributed by atoms with Crippen molar-refractivity contribution in [2.45, 2.75) is 6.18 Å². The molecule has 128 valence electrons. The lowest BCUT2D eigenvalue weighted by Crippen LogP contribution is -2.09. The Morgan fingerprint density at radius 3 is 2.52 bits per heavy atom. The number of nitrogens with one attached hydrogen (secondary N) is 2. The second-order valence-corrected chi connectivity index (χ2v) is 5.41. The van der Waals surface area contributed by atoms with Crippen LogP contribution in [-0.4, -0.2) is 15.2 Å². The predicted octanol–water partition coefficient (Wildman–Crippen LogP) is 5.03. The minimum atomic E-state index is -4.48. The Labute approximate surface area is 145 Å². The number of nitrogens with zero attached hydrogens (tertiary/aromatic N) is 3. The first-order valence-corrected chi connectivity index (χ1v) is 7.45.